The first kappa shape index (κ1) is 14.0. The van der Waals surface area contributed by atoms with Crippen LogP contribution in [0.25, 0.3) is 0 Å². The summed E-state index contributed by atoms with van der Waals surface area (Å²) in [5.41, 5.74) is 1.26. The standard InChI is InChI=1S/C14H25N3S/c1-3-14-16-13(11-18-14)10-17(4-2)9-12-5-7-15-8-6-12/h11-12,15H,3-10H2,1-2H3. The third-order valence-electron chi connectivity index (χ3n) is 3.71. The summed E-state index contributed by atoms with van der Waals surface area (Å²) in [4.78, 5) is 7.22. The zero-order valence-corrected chi connectivity index (χ0v) is 12.4. The molecule has 1 aromatic heterocycles. The van der Waals surface area contributed by atoms with Crippen LogP contribution in [0.1, 0.15) is 37.4 Å². The summed E-state index contributed by atoms with van der Waals surface area (Å²) in [6, 6.07) is 0. The molecule has 18 heavy (non-hydrogen) atoms. The molecule has 1 aliphatic rings. The normalized spacial score (nSPS) is 17.5. The van der Waals surface area contributed by atoms with Crippen LogP contribution in [0, 0.1) is 5.92 Å². The van der Waals surface area contributed by atoms with Crippen LogP contribution in [0.5, 0.6) is 0 Å². The second-order valence-electron chi connectivity index (χ2n) is 5.11. The molecule has 0 aromatic carbocycles. The minimum absolute atomic E-state index is 0.871. The predicted molar refractivity (Wildman–Crippen MR) is 78.0 cm³/mol. The lowest BCUT2D eigenvalue weighted by molar-refractivity contribution is 0.205. The maximum Gasteiger partial charge on any atom is 0.0926 e. The Kier molecular flexibility index (Phi) is 5.60. The maximum atomic E-state index is 4.67. The number of aryl methyl sites for hydroxylation is 1. The highest BCUT2D eigenvalue weighted by Gasteiger charge is 2.16. The van der Waals surface area contributed by atoms with Crippen molar-refractivity contribution in [1.29, 1.82) is 0 Å². The minimum Gasteiger partial charge on any atom is -0.317 e. The van der Waals surface area contributed by atoms with Crippen molar-refractivity contribution in [1.82, 2.24) is 15.2 Å². The van der Waals surface area contributed by atoms with Gasteiger partial charge in [-0.15, -0.1) is 11.3 Å². The van der Waals surface area contributed by atoms with E-state index in [2.05, 4.69) is 34.4 Å². The average molecular weight is 267 g/mol. The van der Waals surface area contributed by atoms with E-state index >= 15 is 0 Å². The SMILES string of the molecule is CCc1nc(CN(CC)CC2CCNCC2)cs1. The van der Waals surface area contributed by atoms with E-state index in [-0.39, 0.29) is 0 Å². The molecule has 4 heteroatoms. The molecule has 0 atom stereocenters. The van der Waals surface area contributed by atoms with Gasteiger partial charge in [-0.3, -0.25) is 4.90 Å². The molecule has 0 aliphatic carbocycles. The smallest absolute Gasteiger partial charge is 0.0926 e. The molecule has 1 aliphatic heterocycles. The molecule has 0 unspecified atom stereocenters. The van der Waals surface area contributed by atoms with Gasteiger partial charge < -0.3 is 5.32 Å². The van der Waals surface area contributed by atoms with Crippen molar-refractivity contribution < 1.29 is 0 Å². The monoisotopic (exact) mass is 267 g/mol. The van der Waals surface area contributed by atoms with Crippen LogP contribution in [0.4, 0.5) is 0 Å². The Morgan fingerprint density at radius 3 is 2.78 bits per heavy atom. The van der Waals surface area contributed by atoms with Crippen molar-refractivity contribution >= 4 is 11.3 Å². The van der Waals surface area contributed by atoms with Gasteiger partial charge in [0.25, 0.3) is 0 Å². The van der Waals surface area contributed by atoms with Crippen molar-refractivity contribution in [2.24, 2.45) is 5.92 Å². The highest BCUT2D eigenvalue weighted by atomic mass is 32.1. The number of thiazole rings is 1. The van der Waals surface area contributed by atoms with Gasteiger partial charge in [-0.2, -0.15) is 0 Å². The molecule has 1 N–H and O–H groups in total. The van der Waals surface area contributed by atoms with Gasteiger partial charge in [0.05, 0.1) is 10.7 Å². The van der Waals surface area contributed by atoms with E-state index in [1.54, 1.807) is 11.3 Å². The van der Waals surface area contributed by atoms with Crippen molar-refractivity contribution in [2.45, 2.75) is 39.7 Å². The summed E-state index contributed by atoms with van der Waals surface area (Å²) in [6.45, 7) is 10.2. The first-order valence-corrected chi connectivity index (χ1v) is 8.06. The Morgan fingerprint density at radius 2 is 2.17 bits per heavy atom. The van der Waals surface area contributed by atoms with Crippen LogP contribution in [-0.2, 0) is 13.0 Å². The molecule has 1 saturated heterocycles. The number of rotatable bonds is 6. The minimum atomic E-state index is 0.871. The number of nitrogens with zero attached hydrogens (tertiary/aromatic N) is 2. The molecule has 2 rings (SSSR count). The molecule has 3 nitrogen and oxygen atoms in total. The van der Waals surface area contributed by atoms with Gasteiger partial charge in [-0.1, -0.05) is 13.8 Å². The van der Waals surface area contributed by atoms with Crippen LogP contribution in [-0.4, -0.2) is 36.1 Å². The summed E-state index contributed by atoms with van der Waals surface area (Å²) in [5, 5.41) is 6.93. The molecular weight excluding hydrogens is 242 g/mol. The highest BCUT2D eigenvalue weighted by molar-refractivity contribution is 7.09. The Labute approximate surface area is 115 Å². The summed E-state index contributed by atoms with van der Waals surface area (Å²) < 4.78 is 0. The van der Waals surface area contributed by atoms with E-state index in [1.807, 2.05) is 0 Å². The van der Waals surface area contributed by atoms with Crippen molar-refractivity contribution in [3.8, 4) is 0 Å². The number of piperidine rings is 1. The fraction of sp³-hybridized carbons (Fsp3) is 0.786. The zero-order chi connectivity index (χ0) is 12.8. The quantitative estimate of drug-likeness (QED) is 0.858. The van der Waals surface area contributed by atoms with Crippen LogP contribution in [0.2, 0.25) is 0 Å². The lowest BCUT2D eigenvalue weighted by Crippen LogP contribution is -2.36. The molecule has 0 radical (unpaired) electrons. The largest absolute Gasteiger partial charge is 0.317 e. The summed E-state index contributed by atoms with van der Waals surface area (Å²) in [5.74, 6) is 0.871. The number of nitrogens with one attached hydrogen (secondary N) is 1. The number of hydrogen-bond acceptors (Lipinski definition) is 4. The van der Waals surface area contributed by atoms with E-state index in [9.17, 15) is 0 Å². The molecule has 1 fully saturated rings. The lowest BCUT2D eigenvalue weighted by Gasteiger charge is -2.28. The van der Waals surface area contributed by atoms with E-state index in [4.69, 9.17) is 0 Å². The second kappa shape index (κ2) is 7.22. The van der Waals surface area contributed by atoms with Gasteiger partial charge in [0.1, 0.15) is 0 Å². The van der Waals surface area contributed by atoms with Gasteiger partial charge >= 0.3 is 0 Å². The molecule has 0 amide bonds. The molecule has 102 valence electrons. The van der Waals surface area contributed by atoms with Crippen molar-refractivity contribution in [3.63, 3.8) is 0 Å². The molecule has 1 aromatic rings. The van der Waals surface area contributed by atoms with E-state index in [1.165, 1.54) is 43.2 Å². The number of hydrogen-bond donors (Lipinski definition) is 1. The predicted octanol–water partition coefficient (Wildman–Crippen LogP) is 2.53. The summed E-state index contributed by atoms with van der Waals surface area (Å²) >= 11 is 1.80. The van der Waals surface area contributed by atoms with Gasteiger partial charge in [0.15, 0.2) is 0 Å². The van der Waals surface area contributed by atoms with Crippen LogP contribution >= 0.6 is 11.3 Å². The van der Waals surface area contributed by atoms with E-state index in [0.717, 1.165) is 25.4 Å². The molecule has 0 bridgehead atoms. The van der Waals surface area contributed by atoms with Gasteiger partial charge in [0, 0.05) is 18.5 Å². The third kappa shape index (κ3) is 4.04. The molecule has 0 saturated carbocycles. The molecular formula is C14H25N3S. The fourth-order valence-electron chi connectivity index (χ4n) is 2.55. The second-order valence-corrected chi connectivity index (χ2v) is 6.05. The third-order valence-corrected chi connectivity index (χ3v) is 4.75. The Morgan fingerprint density at radius 1 is 1.39 bits per heavy atom. The van der Waals surface area contributed by atoms with Crippen LogP contribution in [0.3, 0.4) is 0 Å². The summed E-state index contributed by atoms with van der Waals surface area (Å²) in [7, 11) is 0. The van der Waals surface area contributed by atoms with Crippen molar-refractivity contribution in [3.05, 3.63) is 16.1 Å². The average Bonchev–Trinajstić information content (AvgIpc) is 2.87. The molecule has 0 spiro atoms. The fourth-order valence-corrected chi connectivity index (χ4v) is 3.28. The number of aromatic nitrogens is 1. The molecule has 2 heterocycles. The summed E-state index contributed by atoms with van der Waals surface area (Å²) in [6.07, 6.45) is 3.71. The Bertz CT molecular complexity index is 345. The Balaban J connectivity index is 1.84. The van der Waals surface area contributed by atoms with Crippen molar-refractivity contribution in [2.75, 3.05) is 26.2 Å². The van der Waals surface area contributed by atoms with Gasteiger partial charge in [0.2, 0.25) is 0 Å². The zero-order valence-electron chi connectivity index (χ0n) is 11.6. The topological polar surface area (TPSA) is 28.2 Å². The Hall–Kier alpha value is -0.450. The highest BCUT2D eigenvalue weighted by Crippen LogP contribution is 2.16. The van der Waals surface area contributed by atoms with Crippen LogP contribution < -0.4 is 5.32 Å². The van der Waals surface area contributed by atoms with Gasteiger partial charge in [-0.25, -0.2) is 4.98 Å². The first-order chi connectivity index (χ1) is 8.81. The van der Waals surface area contributed by atoms with Crippen LogP contribution in [0.15, 0.2) is 5.38 Å². The lowest BCUT2D eigenvalue weighted by atomic mass is 9.97. The van der Waals surface area contributed by atoms with E-state index < -0.39 is 0 Å². The first-order valence-electron chi connectivity index (χ1n) is 7.18. The van der Waals surface area contributed by atoms with Gasteiger partial charge in [-0.05, 0) is 44.8 Å². The van der Waals surface area contributed by atoms with E-state index in [0.29, 0.717) is 0 Å². The maximum absolute atomic E-state index is 4.67.